The van der Waals surface area contributed by atoms with Crippen molar-refractivity contribution in [2.75, 3.05) is 7.05 Å². The molecule has 4 fully saturated rings. The molecule has 0 saturated heterocycles. The third-order valence-electron chi connectivity index (χ3n) is 6.38. The summed E-state index contributed by atoms with van der Waals surface area (Å²) in [7, 11) is 2.08. The molecule has 1 aromatic rings. The lowest BCUT2D eigenvalue weighted by Gasteiger charge is -2.55. The normalized spacial score (nSPS) is 40.2. The maximum absolute atomic E-state index is 5.87. The third-order valence-corrected chi connectivity index (χ3v) is 6.38. The SMILES string of the molecule is CNC(CC1C2CC3CC(C2)CC1C3)c1ccc(C)o1. The van der Waals surface area contributed by atoms with Crippen molar-refractivity contribution >= 4 is 0 Å². The minimum atomic E-state index is 0.409. The molecular weight excluding hydrogens is 246 g/mol. The molecule has 110 valence electrons. The first-order valence-electron chi connectivity index (χ1n) is 8.46. The summed E-state index contributed by atoms with van der Waals surface area (Å²) in [5, 5.41) is 3.50. The first kappa shape index (κ1) is 12.9. The predicted molar refractivity (Wildman–Crippen MR) is 80.4 cm³/mol. The smallest absolute Gasteiger partial charge is 0.121 e. The van der Waals surface area contributed by atoms with Crippen LogP contribution >= 0.6 is 0 Å². The molecule has 2 heteroatoms. The van der Waals surface area contributed by atoms with E-state index >= 15 is 0 Å². The van der Waals surface area contributed by atoms with E-state index < -0.39 is 0 Å². The molecule has 0 amide bonds. The van der Waals surface area contributed by atoms with Crippen molar-refractivity contribution in [2.24, 2.45) is 29.6 Å². The number of rotatable bonds is 4. The molecule has 1 N–H and O–H groups in total. The largest absolute Gasteiger partial charge is 0.465 e. The van der Waals surface area contributed by atoms with Gasteiger partial charge in [0.05, 0.1) is 6.04 Å². The highest BCUT2D eigenvalue weighted by atomic mass is 16.3. The van der Waals surface area contributed by atoms with Crippen LogP contribution in [-0.2, 0) is 0 Å². The van der Waals surface area contributed by atoms with Crippen LogP contribution in [0.3, 0.4) is 0 Å². The van der Waals surface area contributed by atoms with Crippen molar-refractivity contribution < 1.29 is 4.42 Å². The van der Waals surface area contributed by atoms with Crippen LogP contribution in [0.2, 0.25) is 0 Å². The van der Waals surface area contributed by atoms with E-state index in [0.717, 1.165) is 41.1 Å². The maximum atomic E-state index is 5.87. The number of hydrogen-bond acceptors (Lipinski definition) is 2. The monoisotopic (exact) mass is 273 g/mol. The van der Waals surface area contributed by atoms with E-state index in [-0.39, 0.29) is 0 Å². The molecule has 0 spiro atoms. The Balaban J connectivity index is 1.50. The minimum absolute atomic E-state index is 0.409. The van der Waals surface area contributed by atoms with E-state index in [2.05, 4.69) is 24.5 Å². The molecule has 1 aromatic heterocycles. The Labute approximate surface area is 122 Å². The van der Waals surface area contributed by atoms with Crippen LogP contribution in [0, 0.1) is 36.5 Å². The molecule has 4 saturated carbocycles. The molecule has 1 heterocycles. The van der Waals surface area contributed by atoms with E-state index in [9.17, 15) is 0 Å². The third kappa shape index (κ3) is 2.13. The van der Waals surface area contributed by atoms with Crippen LogP contribution < -0.4 is 5.32 Å². The first-order valence-corrected chi connectivity index (χ1v) is 8.46. The molecular formula is C18H27NO. The molecule has 2 nitrogen and oxygen atoms in total. The fourth-order valence-electron chi connectivity index (χ4n) is 5.71. The van der Waals surface area contributed by atoms with Gasteiger partial charge in [-0.2, -0.15) is 0 Å². The molecule has 20 heavy (non-hydrogen) atoms. The van der Waals surface area contributed by atoms with Crippen molar-refractivity contribution in [3.05, 3.63) is 23.7 Å². The number of furan rings is 1. The molecule has 0 aliphatic heterocycles. The number of nitrogens with one attached hydrogen (secondary N) is 1. The fraction of sp³-hybridized carbons (Fsp3) is 0.778. The van der Waals surface area contributed by atoms with Crippen LogP contribution in [0.25, 0.3) is 0 Å². The van der Waals surface area contributed by atoms with Crippen molar-refractivity contribution in [1.29, 1.82) is 0 Å². The van der Waals surface area contributed by atoms with E-state index in [1.54, 1.807) is 6.42 Å². The van der Waals surface area contributed by atoms with Crippen molar-refractivity contribution in [1.82, 2.24) is 5.32 Å². The molecule has 1 unspecified atom stereocenters. The molecule has 0 aromatic carbocycles. The van der Waals surface area contributed by atoms with Gasteiger partial charge in [-0.15, -0.1) is 0 Å². The second-order valence-electron chi connectivity index (χ2n) is 7.62. The lowest BCUT2D eigenvalue weighted by atomic mass is 9.51. The summed E-state index contributed by atoms with van der Waals surface area (Å²) in [4.78, 5) is 0. The van der Waals surface area contributed by atoms with Crippen LogP contribution in [0.5, 0.6) is 0 Å². The molecule has 0 radical (unpaired) electrons. The number of aryl methyl sites for hydroxylation is 1. The van der Waals surface area contributed by atoms with Gasteiger partial charge in [-0.25, -0.2) is 0 Å². The summed E-state index contributed by atoms with van der Waals surface area (Å²) in [5.41, 5.74) is 0. The summed E-state index contributed by atoms with van der Waals surface area (Å²) < 4.78 is 5.87. The Kier molecular flexibility index (Phi) is 3.17. The van der Waals surface area contributed by atoms with Crippen molar-refractivity contribution in [3.8, 4) is 0 Å². The van der Waals surface area contributed by atoms with Gasteiger partial charge in [0.15, 0.2) is 0 Å². The van der Waals surface area contributed by atoms with Crippen LogP contribution in [0.4, 0.5) is 0 Å². The average Bonchev–Trinajstić information content (AvgIpc) is 2.84. The Morgan fingerprint density at radius 2 is 1.75 bits per heavy atom. The van der Waals surface area contributed by atoms with E-state index in [1.807, 2.05) is 6.92 Å². The summed E-state index contributed by atoms with van der Waals surface area (Å²) in [5.74, 6) is 7.28. The van der Waals surface area contributed by atoms with E-state index in [1.165, 1.54) is 32.1 Å². The van der Waals surface area contributed by atoms with Crippen LogP contribution in [0.1, 0.15) is 56.1 Å². The van der Waals surface area contributed by atoms with Gasteiger partial charge in [-0.3, -0.25) is 0 Å². The highest BCUT2D eigenvalue weighted by Crippen LogP contribution is 2.58. The molecule has 4 aliphatic carbocycles. The Morgan fingerprint density at radius 3 is 2.25 bits per heavy atom. The quantitative estimate of drug-likeness (QED) is 0.884. The lowest BCUT2D eigenvalue weighted by molar-refractivity contribution is -0.0438. The molecule has 1 atom stereocenters. The second kappa shape index (κ2) is 4.91. The van der Waals surface area contributed by atoms with Gasteiger partial charge in [0.25, 0.3) is 0 Å². The predicted octanol–water partition coefficient (Wildman–Crippen LogP) is 4.31. The van der Waals surface area contributed by atoms with Gasteiger partial charge in [0.1, 0.15) is 11.5 Å². The Bertz CT molecular complexity index is 450. The van der Waals surface area contributed by atoms with Gasteiger partial charge < -0.3 is 9.73 Å². The summed E-state index contributed by atoms with van der Waals surface area (Å²) in [6, 6.07) is 4.66. The van der Waals surface area contributed by atoms with E-state index in [0.29, 0.717) is 6.04 Å². The maximum Gasteiger partial charge on any atom is 0.121 e. The first-order chi connectivity index (χ1) is 9.72. The molecule has 5 rings (SSSR count). The second-order valence-corrected chi connectivity index (χ2v) is 7.62. The molecule has 4 bridgehead atoms. The average molecular weight is 273 g/mol. The van der Waals surface area contributed by atoms with Crippen molar-refractivity contribution in [2.45, 2.75) is 51.5 Å². The zero-order chi connectivity index (χ0) is 13.7. The summed E-state index contributed by atoms with van der Waals surface area (Å²) in [6.45, 7) is 2.04. The van der Waals surface area contributed by atoms with Crippen LogP contribution in [0.15, 0.2) is 16.5 Å². The zero-order valence-corrected chi connectivity index (χ0v) is 12.8. The fourth-order valence-corrected chi connectivity index (χ4v) is 5.71. The highest BCUT2D eigenvalue weighted by Gasteiger charge is 2.48. The Morgan fingerprint density at radius 1 is 1.10 bits per heavy atom. The zero-order valence-electron chi connectivity index (χ0n) is 12.8. The summed E-state index contributed by atoms with van der Waals surface area (Å²) >= 11 is 0. The van der Waals surface area contributed by atoms with Gasteiger partial charge in [-0.05, 0) is 94.2 Å². The minimum Gasteiger partial charge on any atom is -0.465 e. The topological polar surface area (TPSA) is 25.2 Å². The number of hydrogen-bond donors (Lipinski definition) is 1. The van der Waals surface area contributed by atoms with Gasteiger partial charge in [0.2, 0.25) is 0 Å². The van der Waals surface area contributed by atoms with Gasteiger partial charge >= 0.3 is 0 Å². The van der Waals surface area contributed by atoms with E-state index in [4.69, 9.17) is 4.42 Å². The van der Waals surface area contributed by atoms with Gasteiger partial charge in [0, 0.05) is 0 Å². The van der Waals surface area contributed by atoms with Gasteiger partial charge in [-0.1, -0.05) is 0 Å². The highest BCUT2D eigenvalue weighted by molar-refractivity contribution is 5.11. The molecule has 4 aliphatic rings. The lowest BCUT2D eigenvalue weighted by Crippen LogP contribution is -2.46. The van der Waals surface area contributed by atoms with Crippen LogP contribution in [-0.4, -0.2) is 7.05 Å². The standard InChI is InChI=1S/C18H27NO/c1-11-3-4-18(20-11)17(19-2)10-16-14-6-12-5-13(8-14)9-15(16)7-12/h3-4,12-17,19H,5-10H2,1-2H3. The summed E-state index contributed by atoms with van der Waals surface area (Å²) in [6.07, 6.45) is 8.90. The Hall–Kier alpha value is -0.760. The van der Waals surface area contributed by atoms with Crippen molar-refractivity contribution in [3.63, 3.8) is 0 Å².